The smallest absolute Gasteiger partial charge is 0.251 e. The fourth-order valence-corrected chi connectivity index (χ4v) is 4.66. The van der Waals surface area contributed by atoms with Gasteiger partial charge in [0.05, 0.1) is 27.4 Å². The number of carbonyl (C=O) groups excluding carboxylic acids is 1. The molecule has 1 saturated heterocycles. The van der Waals surface area contributed by atoms with E-state index < -0.39 is 15.9 Å². The predicted molar refractivity (Wildman–Crippen MR) is 107 cm³/mol. The van der Waals surface area contributed by atoms with E-state index in [9.17, 15) is 13.2 Å². The number of rotatable bonds is 7. The Morgan fingerprint density at radius 3 is 2.45 bits per heavy atom. The minimum absolute atomic E-state index is 0.0353. The first kappa shape index (κ1) is 21.1. The van der Waals surface area contributed by atoms with Gasteiger partial charge in [0.1, 0.15) is 16.4 Å². The summed E-state index contributed by atoms with van der Waals surface area (Å²) in [5.74, 6) is 0.466. The van der Waals surface area contributed by atoms with Gasteiger partial charge in [0.25, 0.3) is 5.91 Å². The van der Waals surface area contributed by atoms with E-state index in [0.717, 1.165) is 5.56 Å². The van der Waals surface area contributed by atoms with Crippen molar-refractivity contribution in [2.24, 2.45) is 0 Å². The fourth-order valence-electron chi connectivity index (χ4n) is 3.07. The van der Waals surface area contributed by atoms with E-state index in [1.165, 1.54) is 29.6 Å². The van der Waals surface area contributed by atoms with Crippen molar-refractivity contribution < 1.29 is 27.4 Å². The van der Waals surface area contributed by atoms with Crippen molar-refractivity contribution in [2.75, 3.05) is 40.5 Å². The van der Waals surface area contributed by atoms with Crippen LogP contribution in [0.15, 0.2) is 47.4 Å². The molecule has 8 nitrogen and oxygen atoms in total. The zero-order chi connectivity index (χ0) is 20.9. The third kappa shape index (κ3) is 4.69. The Morgan fingerprint density at radius 2 is 1.76 bits per heavy atom. The van der Waals surface area contributed by atoms with Crippen LogP contribution in [0.5, 0.6) is 11.5 Å². The molecule has 0 saturated carbocycles. The van der Waals surface area contributed by atoms with Crippen molar-refractivity contribution in [1.29, 1.82) is 0 Å². The Labute approximate surface area is 170 Å². The van der Waals surface area contributed by atoms with E-state index in [0.29, 0.717) is 19.0 Å². The van der Waals surface area contributed by atoms with Crippen LogP contribution in [0.3, 0.4) is 0 Å². The molecule has 2 aromatic rings. The summed E-state index contributed by atoms with van der Waals surface area (Å²) in [5, 5.41) is 2.80. The molecule has 1 aliphatic heterocycles. The summed E-state index contributed by atoms with van der Waals surface area (Å²) in [4.78, 5) is 12.6. The molecule has 1 N–H and O–H groups in total. The average molecular weight is 420 g/mol. The van der Waals surface area contributed by atoms with Crippen molar-refractivity contribution in [2.45, 2.75) is 11.4 Å². The highest BCUT2D eigenvalue weighted by Crippen LogP contribution is 2.28. The molecular formula is C20H24N2O6S. The molecule has 0 bridgehead atoms. The number of sulfonamides is 1. The van der Waals surface area contributed by atoms with E-state index in [2.05, 4.69) is 5.32 Å². The SMILES string of the molecule is COc1ccccc1CNC(=O)c1ccc(OC)c(S(=O)(=O)N2CCOCC2)c1. The van der Waals surface area contributed by atoms with Gasteiger partial charge in [-0.3, -0.25) is 4.79 Å². The Hall–Kier alpha value is -2.62. The van der Waals surface area contributed by atoms with E-state index in [-0.39, 0.29) is 35.8 Å². The number of carbonyl (C=O) groups is 1. The minimum atomic E-state index is -3.81. The number of ether oxygens (including phenoxy) is 3. The molecule has 0 aliphatic carbocycles. The van der Waals surface area contributed by atoms with Crippen molar-refractivity contribution in [3.05, 3.63) is 53.6 Å². The highest BCUT2D eigenvalue weighted by molar-refractivity contribution is 7.89. The summed E-state index contributed by atoms with van der Waals surface area (Å²) in [5.41, 5.74) is 1.05. The number of nitrogens with one attached hydrogen (secondary N) is 1. The van der Waals surface area contributed by atoms with Crippen LogP contribution in [-0.2, 0) is 21.3 Å². The first-order valence-corrected chi connectivity index (χ1v) is 10.6. The topological polar surface area (TPSA) is 94.2 Å². The van der Waals surface area contributed by atoms with Gasteiger partial charge in [-0.15, -0.1) is 0 Å². The van der Waals surface area contributed by atoms with E-state index in [4.69, 9.17) is 14.2 Å². The van der Waals surface area contributed by atoms with Gasteiger partial charge in [0.2, 0.25) is 10.0 Å². The molecule has 1 fully saturated rings. The third-order valence-corrected chi connectivity index (χ3v) is 6.57. The average Bonchev–Trinajstić information content (AvgIpc) is 2.77. The van der Waals surface area contributed by atoms with Gasteiger partial charge in [0.15, 0.2) is 0 Å². The number of hydrogen-bond acceptors (Lipinski definition) is 6. The first-order chi connectivity index (χ1) is 14.0. The second kappa shape index (κ2) is 9.25. The van der Waals surface area contributed by atoms with Crippen molar-refractivity contribution in [3.8, 4) is 11.5 Å². The molecule has 0 aromatic heterocycles. The Morgan fingerprint density at radius 1 is 1.07 bits per heavy atom. The van der Waals surface area contributed by atoms with Gasteiger partial charge >= 0.3 is 0 Å². The molecule has 1 amide bonds. The lowest BCUT2D eigenvalue weighted by molar-refractivity contribution is 0.0729. The number of methoxy groups -OCH3 is 2. The highest BCUT2D eigenvalue weighted by Gasteiger charge is 2.30. The van der Waals surface area contributed by atoms with Crippen molar-refractivity contribution in [3.63, 3.8) is 0 Å². The van der Waals surface area contributed by atoms with Crippen LogP contribution in [0.2, 0.25) is 0 Å². The van der Waals surface area contributed by atoms with Gasteiger partial charge < -0.3 is 19.5 Å². The monoisotopic (exact) mass is 420 g/mol. The van der Waals surface area contributed by atoms with Gasteiger partial charge in [0, 0.05) is 30.8 Å². The Balaban J connectivity index is 1.83. The quantitative estimate of drug-likeness (QED) is 0.732. The summed E-state index contributed by atoms with van der Waals surface area (Å²) in [6.07, 6.45) is 0. The molecule has 1 heterocycles. The molecule has 156 valence electrons. The lowest BCUT2D eigenvalue weighted by atomic mass is 10.1. The van der Waals surface area contributed by atoms with Crippen LogP contribution < -0.4 is 14.8 Å². The molecule has 1 aliphatic rings. The van der Waals surface area contributed by atoms with Crippen LogP contribution in [0.1, 0.15) is 15.9 Å². The maximum Gasteiger partial charge on any atom is 0.251 e. The fraction of sp³-hybridized carbons (Fsp3) is 0.350. The van der Waals surface area contributed by atoms with Gasteiger partial charge in [-0.25, -0.2) is 8.42 Å². The molecule has 0 atom stereocenters. The summed E-state index contributed by atoms with van der Waals surface area (Å²) in [6.45, 7) is 1.44. The summed E-state index contributed by atoms with van der Waals surface area (Å²) >= 11 is 0. The first-order valence-electron chi connectivity index (χ1n) is 9.13. The largest absolute Gasteiger partial charge is 0.496 e. The standard InChI is InChI=1S/C20H24N2O6S/c1-26-17-6-4-3-5-16(17)14-21-20(23)15-7-8-18(27-2)19(13-15)29(24,25)22-9-11-28-12-10-22/h3-8,13H,9-12,14H2,1-2H3,(H,21,23). The predicted octanol–water partition coefficient (Wildman–Crippen LogP) is 1.65. The molecule has 0 radical (unpaired) electrons. The summed E-state index contributed by atoms with van der Waals surface area (Å²) < 4.78 is 43.2. The lowest BCUT2D eigenvalue weighted by Gasteiger charge is -2.26. The molecular weight excluding hydrogens is 396 g/mol. The zero-order valence-electron chi connectivity index (χ0n) is 16.4. The number of nitrogens with zero attached hydrogens (tertiary/aromatic N) is 1. The van der Waals surface area contributed by atoms with Gasteiger partial charge in [-0.05, 0) is 24.3 Å². The number of para-hydroxylation sites is 1. The molecule has 3 rings (SSSR count). The van der Waals surface area contributed by atoms with Crippen LogP contribution >= 0.6 is 0 Å². The van der Waals surface area contributed by atoms with Crippen LogP contribution in [0, 0.1) is 0 Å². The summed E-state index contributed by atoms with van der Waals surface area (Å²) in [7, 11) is -0.850. The number of hydrogen-bond donors (Lipinski definition) is 1. The van der Waals surface area contributed by atoms with Crippen molar-refractivity contribution >= 4 is 15.9 Å². The van der Waals surface area contributed by atoms with Gasteiger partial charge in [-0.2, -0.15) is 4.31 Å². The molecule has 0 unspecified atom stereocenters. The number of amides is 1. The maximum absolute atomic E-state index is 13.0. The number of benzene rings is 2. The molecule has 0 spiro atoms. The highest BCUT2D eigenvalue weighted by atomic mass is 32.2. The normalized spacial score (nSPS) is 15.0. The van der Waals surface area contributed by atoms with E-state index >= 15 is 0 Å². The van der Waals surface area contributed by atoms with Crippen molar-refractivity contribution in [1.82, 2.24) is 9.62 Å². The molecule has 2 aromatic carbocycles. The third-order valence-electron chi connectivity index (χ3n) is 4.65. The number of morpholine rings is 1. The second-order valence-electron chi connectivity index (χ2n) is 6.38. The zero-order valence-corrected chi connectivity index (χ0v) is 17.2. The minimum Gasteiger partial charge on any atom is -0.496 e. The van der Waals surface area contributed by atoms with Crippen LogP contribution in [-0.4, -0.2) is 59.2 Å². The van der Waals surface area contributed by atoms with E-state index in [1.54, 1.807) is 7.11 Å². The summed E-state index contributed by atoms with van der Waals surface area (Å²) in [6, 6.07) is 11.7. The molecule has 9 heteroatoms. The molecule has 29 heavy (non-hydrogen) atoms. The Bertz CT molecular complexity index is 971. The second-order valence-corrected chi connectivity index (χ2v) is 8.28. The van der Waals surface area contributed by atoms with Crippen LogP contribution in [0.4, 0.5) is 0 Å². The lowest BCUT2D eigenvalue weighted by Crippen LogP contribution is -2.40. The van der Waals surface area contributed by atoms with Crippen LogP contribution in [0.25, 0.3) is 0 Å². The van der Waals surface area contributed by atoms with E-state index in [1.807, 2.05) is 24.3 Å². The maximum atomic E-state index is 13.0. The Kier molecular flexibility index (Phi) is 6.73. The van der Waals surface area contributed by atoms with Gasteiger partial charge in [-0.1, -0.05) is 18.2 Å².